The summed E-state index contributed by atoms with van der Waals surface area (Å²) in [6.45, 7) is 6.52. The van der Waals surface area contributed by atoms with E-state index in [1.807, 2.05) is 25.5 Å². The van der Waals surface area contributed by atoms with Crippen LogP contribution in [0.2, 0.25) is 0 Å². The number of rotatable bonds is 3. The van der Waals surface area contributed by atoms with E-state index in [2.05, 4.69) is 56.8 Å². The van der Waals surface area contributed by atoms with Gasteiger partial charge in [-0.2, -0.15) is 4.98 Å². The molecular formula is C27H30N6O. The average Bonchev–Trinajstić information content (AvgIpc) is 3.03. The molecule has 0 amide bonds. The van der Waals surface area contributed by atoms with Crippen molar-refractivity contribution in [2.24, 2.45) is 11.8 Å². The summed E-state index contributed by atoms with van der Waals surface area (Å²) in [7, 11) is 2.04. The maximum Gasteiger partial charge on any atom is 0.229 e. The maximum atomic E-state index is 11.4. The second-order valence-corrected chi connectivity index (χ2v) is 11.1. The number of aryl methyl sites for hydroxylation is 1. The lowest BCUT2D eigenvalue weighted by molar-refractivity contribution is -0.133. The lowest BCUT2D eigenvalue weighted by atomic mass is 9.50. The SMILES string of the molecule is C=C1N(C)c2cnc(Nc3cc4cccnc4cc3C)nc2N1C12CC3CC(CC(O)(C3)C1)C2. The zero-order valence-electron chi connectivity index (χ0n) is 19.8. The maximum absolute atomic E-state index is 11.4. The van der Waals surface area contributed by atoms with Gasteiger partial charge in [-0.1, -0.05) is 12.6 Å². The van der Waals surface area contributed by atoms with Crippen molar-refractivity contribution >= 4 is 34.0 Å². The third-order valence-electron chi connectivity index (χ3n) is 8.64. The van der Waals surface area contributed by atoms with Gasteiger partial charge < -0.3 is 20.2 Å². The van der Waals surface area contributed by atoms with Crippen LogP contribution in [0.1, 0.15) is 44.1 Å². The van der Waals surface area contributed by atoms with Crippen molar-refractivity contribution in [1.82, 2.24) is 15.0 Å². The fourth-order valence-corrected chi connectivity index (χ4v) is 7.65. The van der Waals surface area contributed by atoms with E-state index < -0.39 is 5.60 Å². The molecule has 174 valence electrons. The van der Waals surface area contributed by atoms with Crippen molar-refractivity contribution < 1.29 is 5.11 Å². The second-order valence-electron chi connectivity index (χ2n) is 11.1. The lowest BCUT2D eigenvalue weighted by Gasteiger charge is -2.62. The molecule has 1 aliphatic heterocycles. The van der Waals surface area contributed by atoms with Gasteiger partial charge in [-0.3, -0.25) is 4.98 Å². The van der Waals surface area contributed by atoms with E-state index in [4.69, 9.17) is 4.98 Å². The molecule has 0 spiro atoms. The molecule has 8 rings (SSSR count). The second kappa shape index (κ2) is 6.69. The fraction of sp³-hybridized carbons (Fsp3) is 0.444. The van der Waals surface area contributed by atoms with E-state index >= 15 is 0 Å². The minimum absolute atomic E-state index is 0.119. The van der Waals surface area contributed by atoms with E-state index in [0.717, 1.165) is 71.6 Å². The van der Waals surface area contributed by atoms with E-state index in [1.54, 1.807) is 0 Å². The number of aromatic nitrogens is 3. The molecule has 5 aliphatic rings. The summed E-state index contributed by atoms with van der Waals surface area (Å²) in [5, 5.41) is 15.9. The molecule has 3 aromatic rings. The monoisotopic (exact) mass is 454 g/mol. The van der Waals surface area contributed by atoms with Crippen molar-refractivity contribution in [2.45, 2.75) is 56.6 Å². The molecule has 3 heterocycles. The van der Waals surface area contributed by atoms with Crippen LogP contribution >= 0.6 is 0 Å². The predicted molar refractivity (Wildman–Crippen MR) is 134 cm³/mol. The normalized spacial score (nSPS) is 31.4. The first kappa shape index (κ1) is 20.2. The number of nitrogens with zero attached hydrogens (tertiary/aromatic N) is 5. The summed E-state index contributed by atoms with van der Waals surface area (Å²) < 4.78 is 0. The Labute approximate surface area is 199 Å². The lowest BCUT2D eigenvalue weighted by Crippen LogP contribution is -2.65. The van der Waals surface area contributed by atoms with Crippen molar-refractivity contribution in [1.29, 1.82) is 0 Å². The van der Waals surface area contributed by atoms with E-state index in [0.29, 0.717) is 17.8 Å². The quantitative estimate of drug-likeness (QED) is 0.584. The minimum atomic E-state index is -0.546. The largest absolute Gasteiger partial charge is 0.390 e. The molecule has 0 radical (unpaired) electrons. The Morgan fingerprint density at radius 2 is 1.94 bits per heavy atom. The van der Waals surface area contributed by atoms with Crippen LogP contribution in [0.5, 0.6) is 0 Å². The van der Waals surface area contributed by atoms with Crippen molar-refractivity contribution in [2.75, 3.05) is 22.2 Å². The van der Waals surface area contributed by atoms with E-state index in [1.165, 1.54) is 6.42 Å². The smallest absolute Gasteiger partial charge is 0.229 e. The third-order valence-corrected chi connectivity index (χ3v) is 8.64. The first-order chi connectivity index (χ1) is 16.3. The number of pyridine rings is 1. The number of nitrogens with one attached hydrogen (secondary N) is 1. The van der Waals surface area contributed by atoms with Crippen LogP contribution in [-0.4, -0.2) is 38.2 Å². The Hall–Kier alpha value is -3.19. The summed E-state index contributed by atoms with van der Waals surface area (Å²) in [5.74, 6) is 3.57. The Morgan fingerprint density at radius 1 is 1.15 bits per heavy atom. The Morgan fingerprint density at radius 3 is 2.71 bits per heavy atom. The van der Waals surface area contributed by atoms with Gasteiger partial charge in [-0.05, 0) is 81.0 Å². The van der Waals surface area contributed by atoms with Gasteiger partial charge in [0.2, 0.25) is 5.95 Å². The van der Waals surface area contributed by atoms with E-state index in [9.17, 15) is 5.11 Å². The number of anilines is 4. The molecule has 4 saturated carbocycles. The Balaban J connectivity index is 1.28. The summed E-state index contributed by atoms with van der Waals surface area (Å²) in [6.07, 6.45) is 9.84. The molecule has 4 fully saturated rings. The molecule has 7 heteroatoms. The summed E-state index contributed by atoms with van der Waals surface area (Å²) in [4.78, 5) is 18.6. The first-order valence-electron chi connectivity index (χ1n) is 12.3. The Bertz CT molecular complexity index is 1340. The highest BCUT2D eigenvalue weighted by Crippen LogP contribution is 2.62. The van der Waals surface area contributed by atoms with Crippen LogP contribution < -0.4 is 15.1 Å². The molecule has 2 N–H and O–H groups in total. The van der Waals surface area contributed by atoms with Crippen LogP contribution in [-0.2, 0) is 0 Å². The van der Waals surface area contributed by atoms with Gasteiger partial charge >= 0.3 is 0 Å². The van der Waals surface area contributed by atoms with Gasteiger partial charge in [0.05, 0.1) is 22.9 Å². The van der Waals surface area contributed by atoms with Crippen molar-refractivity contribution in [3.8, 4) is 0 Å². The molecule has 34 heavy (non-hydrogen) atoms. The Kier molecular flexibility index (Phi) is 3.98. The van der Waals surface area contributed by atoms with Gasteiger partial charge in [0, 0.05) is 24.3 Å². The highest BCUT2D eigenvalue weighted by atomic mass is 16.3. The molecular weight excluding hydrogens is 424 g/mol. The standard InChI is InChI=1S/C27H30N6O/c1-16-7-22-20(5-4-6-28-22)9-21(16)30-25-29-14-23-24(31-25)33(17(2)32(23)3)26-10-18-8-19(11-26)13-27(34,12-18)15-26/h4-7,9,14,18-19,34H,2,8,10-13,15H2,1,3H3,(H,29,30,31). The minimum Gasteiger partial charge on any atom is -0.390 e. The number of aliphatic hydroxyl groups is 1. The van der Waals surface area contributed by atoms with Crippen molar-refractivity contribution in [3.63, 3.8) is 0 Å². The topological polar surface area (TPSA) is 77.4 Å². The van der Waals surface area contributed by atoms with Crippen LogP contribution in [0.25, 0.3) is 10.9 Å². The number of benzene rings is 1. The van der Waals surface area contributed by atoms with Crippen LogP contribution in [0.15, 0.2) is 49.1 Å². The zero-order chi connectivity index (χ0) is 23.2. The highest BCUT2D eigenvalue weighted by Gasteiger charge is 2.61. The summed E-state index contributed by atoms with van der Waals surface area (Å²) in [6, 6.07) is 8.20. The van der Waals surface area contributed by atoms with E-state index in [-0.39, 0.29) is 5.54 Å². The number of hydrogen-bond donors (Lipinski definition) is 2. The van der Waals surface area contributed by atoms with Gasteiger partial charge in [-0.15, -0.1) is 0 Å². The molecule has 2 aromatic heterocycles. The number of hydrogen-bond acceptors (Lipinski definition) is 7. The van der Waals surface area contributed by atoms with Gasteiger partial charge in [0.25, 0.3) is 0 Å². The van der Waals surface area contributed by atoms with Gasteiger partial charge in [0.15, 0.2) is 5.82 Å². The molecule has 4 aliphatic carbocycles. The summed E-state index contributed by atoms with van der Waals surface area (Å²) >= 11 is 0. The van der Waals surface area contributed by atoms with Gasteiger partial charge in [-0.25, -0.2) is 4.98 Å². The van der Waals surface area contributed by atoms with Crippen molar-refractivity contribution in [3.05, 3.63) is 54.6 Å². The number of fused-ring (bicyclic) bond motifs is 2. The molecule has 1 aromatic carbocycles. The first-order valence-corrected chi connectivity index (χ1v) is 12.3. The zero-order valence-corrected chi connectivity index (χ0v) is 19.8. The van der Waals surface area contributed by atoms with Crippen LogP contribution in [0, 0.1) is 18.8 Å². The van der Waals surface area contributed by atoms with Crippen LogP contribution in [0.3, 0.4) is 0 Å². The fourth-order valence-electron chi connectivity index (χ4n) is 7.65. The predicted octanol–water partition coefficient (Wildman–Crippen LogP) is 4.89. The highest BCUT2D eigenvalue weighted by molar-refractivity contribution is 5.85. The van der Waals surface area contributed by atoms with Crippen LogP contribution in [0.4, 0.5) is 23.1 Å². The molecule has 4 bridgehead atoms. The third kappa shape index (κ3) is 2.83. The van der Waals surface area contributed by atoms with Gasteiger partial charge in [0.1, 0.15) is 11.5 Å². The molecule has 2 unspecified atom stereocenters. The molecule has 7 nitrogen and oxygen atoms in total. The summed E-state index contributed by atoms with van der Waals surface area (Å²) in [5.41, 5.74) is 3.35. The molecule has 2 atom stereocenters. The molecule has 0 saturated heterocycles. The average molecular weight is 455 g/mol.